The Balaban J connectivity index is 1.63. The monoisotopic (exact) mass is 250 g/mol. The minimum absolute atomic E-state index is 0.107. The zero-order valence-corrected chi connectivity index (χ0v) is 11.5. The first-order valence-electron chi connectivity index (χ1n) is 7.84. The predicted octanol–water partition coefficient (Wildman–Crippen LogP) is 2.29. The van der Waals surface area contributed by atoms with Crippen molar-refractivity contribution in [1.29, 1.82) is 0 Å². The summed E-state index contributed by atoms with van der Waals surface area (Å²) in [5, 5.41) is 19.7. The van der Waals surface area contributed by atoms with Gasteiger partial charge >= 0.3 is 0 Å². The van der Waals surface area contributed by atoms with Crippen LogP contribution < -0.4 is 0 Å². The van der Waals surface area contributed by atoms with Crippen LogP contribution in [0.1, 0.15) is 39.5 Å². The molecule has 4 aliphatic rings. The van der Waals surface area contributed by atoms with Gasteiger partial charge < -0.3 is 10.2 Å². The van der Waals surface area contributed by atoms with Crippen molar-refractivity contribution in [1.82, 2.24) is 0 Å². The molecule has 9 atom stereocenters. The van der Waals surface area contributed by atoms with E-state index in [2.05, 4.69) is 6.92 Å². The number of rotatable bonds is 2. The molecule has 4 rings (SSSR count). The molecule has 2 nitrogen and oxygen atoms in total. The van der Waals surface area contributed by atoms with Crippen molar-refractivity contribution in [2.45, 2.75) is 45.6 Å². The molecule has 0 aromatic heterocycles. The summed E-state index contributed by atoms with van der Waals surface area (Å²) in [6.45, 7) is 4.69. The third-order valence-electron chi connectivity index (χ3n) is 7.35. The third-order valence-corrected chi connectivity index (χ3v) is 7.35. The summed E-state index contributed by atoms with van der Waals surface area (Å²) in [7, 11) is 0. The van der Waals surface area contributed by atoms with Crippen molar-refractivity contribution in [2.75, 3.05) is 6.61 Å². The second kappa shape index (κ2) is 3.52. The molecule has 2 N–H and O–H groups in total. The molecule has 102 valence electrons. The average Bonchev–Trinajstić information content (AvgIpc) is 3.03. The van der Waals surface area contributed by atoms with E-state index in [0.29, 0.717) is 12.5 Å². The van der Waals surface area contributed by atoms with Crippen LogP contribution in [-0.2, 0) is 0 Å². The summed E-state index contributed by atoms with van der Waals surface area (Å²) < 4.78 is 0. The topological polar surface area (TPSA) is 40.5 Å². The quantitative estimate of drug-likeness (QED) is 0.738. The van der Waals surface area contributed by atoms with Gasteiger partial charge in [-0.15, -0.1) is 0 Å². The smallest absolute Gasteiger partial charge is 0.0543 e. The molecule has 4 saturated carbocycles. The van der Waals surface area contributed by atoms with Crippen molar-refractivity contribution in [3.8, 4) is 0 Å². The van der Waals surface area contributed by atoms with Gasteiger partial charge in [0, 0.05) is 6.61 Å². The van der Waals surface area contributed by atoms with E-state index >= 15 is 0 Å². The van der Waals surface area contributed by atoms with Crippen molar-refractivity contribution < 1.29 is 10.2 Å². The zero-order valence-electron chi connectivity index (χ0n) is 11.5. The van der Waals surface area contributed by atoms with Crippen LogP contribution in [0.25, 0.3) is 0 Å². The first kappa shape index (κ1) is 11.7. The second-order valence-corrected chi connectivity index (χ2v) is 8.07. The fourth-order valence-corrected chi connectivity index (χ4v) is 6.86. The molecule has 4 aliphatic carbocycles. The Hall–Kier alpha value is -0.0800. The summed E-state index contributed by atoms with van der Waals surface area (Å²) in [5.41, 5.74) is 0.219. The fourth-order valence-electron chi connectivity index (χ4n) is 6.86. The van der Waals surface area contributed by atoms with Gasteiger partial charge in [-0.25, -0.2) is 0 Å². The lowest BCUT2D eigenvalue weighted by atomic mass is 9.60. The van der Waals surface area contributed by atoms with Gasteiger partial charge in [-0.1, -0.05) is 6.92 Å². The molecule has 0 aromatic rings. The molecule has 0 radical (unpaired) electrons. The van der Waals surface area contributed by atoms with Crippen LogP contribution in [0.2, 0.25) is 0 Å². The molecule has 0 amide bonds. The van der Waals surface area contributed by atoms with E-state index in [-0.39, 0.29) is 11.5 Å². The third kappa shape index (κ3) is 1.22. The SMILES string of the molecule is CC(O)C1CC2CC1C1C3CC(C21)C(C)(CO)C3. The Morgan fingerprint density at radius 2 is 1.94 bits per heavy atom. The summed E-state index contributed by atoms with van der Waals surface area (Å²) in [5.74, 6) is 5.67. The van der Waals surface area contributed by atoms with Gasteiger partial charge in [0.2, 0.25) is 0 Å². The van der Waals surface area contributed by atoms with E-state index in [9.17, 15) is 10.2 Å². The predicted molar refractivity (Wildman–Crippen MR) is 69.8 cm³/mol. The Morgan fingerprint density at radius 3 is 2.61 bits per heavy atom. The molecule has 9 unspecified atom stereocenters. The molecule has 2 heteroatoms. The molecule has 0 aliphatic heterocycles. The normalized spacial score (nSPS) is 62.3. The van der Waals surface area contributed by atoms with Gasteiger partial charge in [-0.2, -0.15) is 0 Å². The van der Waals surface area contributed by atoms with Gasteiger partial charge in [0.1, 0.15) is 0 Å². The lowest BCUT2D eigenvalue weighted by molar-refractivity contribution is -0.0258. The molecule has 0 spiro atoms. The average molecular weight is 250 g/mol. The standard InChI is InChI=1S/C16H26O2/c1-8(18)11-3-9-4-12(11)14-10-5-13(15(9)14)16(2,6-10)7-17/h8-15,17-18H,3-7H2,1-2H3. The Labute approximate surface area is 110 Å². The largest absolute Gasteiger partial charge is 0.396 e. The highest BCUT2D eigenvalue weighted by molar-refractivity contribution is 5.15. The molecule has 0 aromatic carbocycles. The van der Waals surface area contributed by atoms with Crippen LogP contribution in [0.5, 0.6) is 0 Å². The minimum atomic E-state index is -0.107. The second-order valence-electron chi connectivity index (χ2n) is 8.07. The van der Waals surface area contributed by atoms with Gasteiger partial charge in [-0.3, -0.25) is 0 Å². The van der Waals surface area contributed by atoms with Gasteiger partial charge in [-0.05, 0) is 79.4 Å². The maximum atomic E-state index is 9.97. The molecule has 4 fully saturated rings. The first-order chi connectivity index (χ1) is 8.55. The van der Waals surface area contributed by atoms with Crippen molar-refractivity contribution in [2.24, 2.45) is 46.8 Å². The number of fused-ring (bicyclic) bond motifs is 9. The number of aliphatic hydroxyl groups excluding tert-OH is 2. The molecule has 4 bridgehead atoms. The van der Waals surface area contributed by atoms with Gasteiger partial charge in [0.05, 0.1) is 6.10 Å². The van der Waals surface area contributed by atoms with E-state index in [0.717, 1.165) is 35.5 Å². The van der Waals surface area contributed by atoms with Crippen molar-refractivity contribution >= 4 is 0 Å². The highest BCUT2D eigenvalue weighted by Crippen LogP contribution is 2.72. The minimum Gasteiger partial charge on any atom is -0.396 e. The molecule has 18 heavy (non-hydrogen) atoms. The Bertz CT molecular complexity index is 366. The lowest BCUT2D eigenvalue weighted by Crippen LogP contribution is -2.43. The summed E-state index contributed by atoms with van der Waals surface area (Å²) in [6.07, 6.45) is 5.13. The van der Waals surface area contributed by atoms with E-state index in [1.54, 1.807) is 0 Å². The van der Waals surface area contributed by atoms with Crippen LogP contribution in [0.4, 0.5) is 0 Å². The first-order valence-corrected chi connectivity index (χ1v) is 7.84. The summed E-state index contributed by atoms with van der Waals surface area (Å²) >= 11 is 0. The van der Waals surface area contributed by atoms with Crippen LogP contribution >= 0.6 is 0 Å². The van der Waals surface area contributed by atoms with E-state index in [4.69, 9.17) is 0 Å². The van der Waals surface area contributed by atoms with Crippen LogP contribution in [0.3, 0.4) is 0 Å². The van der Waals surface area contributed by atoms with Crippen LogP contribution in [0, 0.1) is 46.8 Å². The number of hydrogen-bond donors (Lipinski definition) is 2. The maximum absolute atomic E-state index is 9.97. The highest BCUT2D eigenvalue weighted by Gasteiger charge is 2.67. The van der Waals surface area contributed by atoms with Crippen molar-refractivity contribution in [3.63, 3.8) is 0 Å². The van der Waals surface area contributed by atoms with Gasteiger partial charge in [0.15, 0.2) is 0 Å². The lowest BCUT2D eigenvalue weighted by Gasteiger charge is -2.46. The molecule has 0 saturated heterocycles. The highest BCUT2D eigenvalue weighted by atomic mass is 16.3. The zero-order chi connectivity index (χ0) is 12.7. The number of hydrogen-bond acceptors (Lipinski definition) is 2. The van der Waals surface area contributed by atoms with E-state index < -0.39 is 0 Å². The fraction of sp³-hybridized carbons (Fsp3) is 1.00. The van der Waals surface area contributed by atoms with E-state index in [1.807, 2.05) is 6.92 Å². The number of aliphatic hydroxyl groups is 2. The molecule has 0 heterocycles. The Kier molecular flexibility index (Phi) is 2.29. The van der Waals surface area contributed by atoms with Gasteiger partial charge in [0.25, 0.3) is 0 Å². The van der Waals surface area contributed by atoms with E-state index in [1.165, 1.54) is 25.7 Å². The summed E-state index contributed by atoms with van der Waals surface area (Å²) in [4.78, 5) is 0. The van der Waals surface area contributed by atoms with Crippen LogP contribution in [0.15, 0.2) is 0 Å². The molecular weight excluding hydrogens is 224 g/mol. The summed E-state index contributed by atoms with van der Waals surface area (Å²) in [6, 6.07) is 0. The van der Waals surface area contributed by atoms with Crippen LogP contribution in [-0.4, -0.2) is 22.9 Å². The van der Waals surface area contributed by atoms with Crippen molar-refractivity contribution in [3.05, 3.63) is 0 Å². The Morgan fingerprint density at radius 1 is 1.17 bits per heavy atom. The maximum Gasteiger partial charge on any atom is 0.0543 e. The molecular formula is C16H26O2.